The van der Waals surface area contributed by atoms with Crippen LogP contribution in [0, 0.1) is 12.1 Å². The van der Waals surface area contributed by atoms with E-state index < -0.39 is 19.2 Å². The second-order valence-electron chi connectivity index (χ2n) is 13.7. The quantitative estimate of drug-likeness (QED) is 0.123. The summed E-state index contributed by atoms with van der Waals surface area (Å²) in [7, 11) is 0. The van der Waals surface area contributed by atoms with Crippen LogP contribution in [0.1, 0.15) is 26.7 Å². The van der Waals surface area contributed by atoms with E-state index in [0.717, 1.165) is 28.1 Å². The summed E-state index contributed by atoms with van der Waals surface area (Å²) >= 11 is 0.0664. The second-order valence-corrected chi connectivity index (χ2v) is 25.4. The second kappa shape index (κ2) is 16.0. The van der Waals surface area contributed by atoms with Crippen molar-refractivity contribution in [3.8, 4) is 44.8 Å². The van der Waals surface area contributed by atoms with E-state index in [2.05, 4.69) is 124 Å². The SMILES string of the molecule is [2H]C(C)(C)c1ccnc(-c2[c-]ccc3c2sc2ccc(-c4cccc(-c5ccccc5)c4)cc23)c1.[CH3][Ge]([CH3])([CH3])[c]1ccc(-c2[c-]cccc2)nc1.[Ir]. The van der Waals surface area contributed by atoms with Crippen LogP contribution in [0.2, 0.25) is 17.3 Å². The van der Waals surface area contributed by atoms with Gasteiger partial charge in [0.25, 0.3) is 0 Å². The first kappa shape index (κ1) is 35.2. The Morgan fingerprint density at radius 1 is 0.647 bits per heavy atom. The molecule has 8 aromatic rings. The molecule has 0 unspecified atom stereocenters. The molecule has 0 amide bonds. The number of benzene rings is 5. The molecule has 8 rings (SSSR count). The first-order valence-corrected chi connectivity index (χ1v) is 25.1. The summed E-state index contributed by atoms with van der Waals surface area (Å²) < 4.78 is 12.3. The third-order valence-corrected chi connectivity index (χ3v) is 14.4. The van der Waals surface area contributed by atoms with Crippen molar-refractivity contribution in [3.63, 3.8) is 0 Å². The van der Waals surface area contributed by atoms with Crippen molar-refractivity contribution in [2.45, 2.75) is 37.0 Å². The molecule has 0 N–H and O–H groups in total. The molecule has 3 aromatic heterocycles. The van der Waals surface area contributed by atoms with Crippen LogP contribution in [0.15, 0.2) is 146 Å². The van der Waals surface area contributed by atoms with Crippen LogP contribution in [0.5, 0.6) is 0 Å². The van der Waals surface area contributed by atoms with Gasteiger partial charge in [-0.05, 0) is 68.2 Å². The molecule has 0 bridgehead atoms. The number of nitrogens with zero attached hydrogens (tertiary/aromatic N) is 2. The molecule has 0 saturated carbocycles. The number of hydrogen-bond acceptors (Lipinski definition) is 3. The van der Waals surface area contributed by atoms with Crippen molar-refractivity contribution < 1.29 is 21.5 Å². The number of aromatic nitrogens is 2. The smallest absolute Gasteiger partial charge is 0 e. The van der Waals surface area contributed by atoms with Crippen LogP contribution in [0.3, 0.4) is 0 Å². The zero-order valence-corrected chi connectivity index (χ0v) is 34.8. The fraction of sp³-hybridized carbons (Fsp3) is 0.130. The maximum Gasteiger partial charge on any atom is 0 e. The Morgan fingerprint density at radius 2 is 1.39 bits per heavy atom. The Hall–Kier alpha value is -4.19. The average Bonchev–Trinajstić information content (AvgIpc) is 3.54. The topological polar surface area (TPSA) is 25.8 Å². The minimum Gasteiger partial charge on any atom is 0 e. The molecule has 0 atom stereocenters. The molecule has 0 aliphatic carbocycles. The van der Waals surface area contributed by atoms with E-state index in [-0.39, 0.29) is 20.1 Å². The maximum atomic E-state index is 8.42. The molecule has 3 heterocycles. The van der Waals surface area contributed by atoms with Crippen molar-refractivity contribution in [1.29, 1.82) is 0 Å². The van der Waals surface area contributed by atoms with Gasteiger partial charge in [-0.15, -0.1) is 23.8 Å². The molecule has 0 aliphatic heterocycles. The van der Waals surface area contributed by atoms with E-state index in [4.69, 9.17) is 1.37 Å². The molecule has 0 aliphatic rings. The summed E-state index contributed by atoms with van der Waals surface area (Å²) in [6, 6.07) is 53.0. The van der Waals surface area contributed by atoms with Gasteiger partial charge < -0.3 is 4.98 Å². The monoisotopic (exact) mass is 920 g/mol. The minimum atomic E-state index is -1.72. The van der Waals surface area contributed by atoms with Crippen molar-refractivity contribution in [2.24, 2.45) is 0 Å². The van der Waals surface area contributed by atoms with E-state index in [1.165, 1.54) is 46.8 Å². The van der Waals surface area contributed by atoms with Crippen molar-refractivity contribution in [2.75, 3.05) is 0 Å². The number of rotatable bonds is 6. The summed E-state index contributed by atoms with van der Waals surface area (Å²) in [4.78, 5) is 9.17. The van der Waals surface area contributed by atoms with Crippen LogP contribution in [-0.4, -0.2) is 23.2 Å². The number of thiophene rings is 1. The molecule has 255 valence electrons. The van der Waals surface area contributed by atoms with Crippen molar-refractivity contribution in [1.82, 2.24) is 9.97 Å². The molecule has 1 radical (unpaired) electrons. The van der Waals surface area contributed by atoms with Crippen LogP contribution in [0.25, 0.3) is 64.9 Å². The maximum absolute atomic E-state index is 8.42. The third kappa shape index (κ3) is 8.32. The van der Waals surface area contributed by atoms with Crippen molar-refractivity contribution in [3.05, 3.63) is 164 Å². The van der Waals surface area contributed by atoms with Crippen LogP contribution in [-0.2, 0) is 20.1 Å². The van der Waals surface area contributed by atoms with Gasteiger partial charge in [-0.2, -0.15) is 11.3 Å². The van der Waals surface area contributed by atoms with Gasteiger partial charge in [0.1, 0.15) is 0 Å². The van der Waals surface area contributed by atoms with Gasteiger partial charge in [-0.1, -0.05) is 85.5 Å². The largest absolute Gasteiger partial charge is 0 e. The molecule has 5 aromatic carbocycles. The van der Waals surface area contributed by atoms with Gasteiger partial charge in [-0.25, -0.2) is 0 Å². The minimum absolute atomic E-state index is 0. The first-order valence-electron chi connectivity index (χ1n) is 17.5. The molecular weight excluding hydrogens is 877 g/mol. The van der Waals surface area contributed by atoms with Gasteiger partial charge in [0, 0.05) is 32.4 Å². The Bertz CT molecular complexity index is 2430. The van der Waals surface area contributed by atoms with E-state index in [1.807, 2.05) is 68.6 Å². The zero-order chi connectivity index (χ0) is 35.6. The fourth-order valence-electron chi connectivity index (χ4n) is 6.05. The summed E-state index contributed by atoms with van der Waals surface area (Å²) in [5.41, 5.74) is 9.77. The van der Waals surface area contributed by atoms with E-state index in [1.54, 1.807) is 17.5 Å². The summed E-state index contributed by atoms with van der Waals surface area (Å²) in [5, 5.41) is 2.47. The Kier molecular flexibility index (Phi) is 11.1. The van der Waals surface area contributed by atoms with Gasteiger partial charge in [0.15, 0.2) is 0 Å². The van der Waals surface area contributed by atoms with Gasteiger partial charge in [-0.3, -0.25) is 0 Å². The van der Waals surface area contributed by atoms with Gasteiger partial charge in [0.2, 0.25) is 0 Å². The Balaban J connectivity index is 0.000000230. The number of hydrogen-bond donors (Lipinski definition) is 0. The molecule has 0 saturated heterocycles. The first-order chi connectivity index (χ1) is 24.5. The van der Waals surface area contributed by atoms with E-state index in [9.17, 15) is 0 Å². The van der Waals surface area contributed by atoms with Gasteiger partial charge >= 0.3 is 99.8 Å². The van der Waals surface area contributed by atoms with E-state index in [0.29, 0.717) is 0 Å². The van der Waals surface area contributed by atoms with Crippen LogP contribution >= 0.6 is 11.3 Å². The fourth-order valence-corrected chi connectivity index (χ4v) is 9.41. The summed E-state index contributed by atoms with van der Waals surface area (Å²) in [6.45, 7) is 3.81. The van der Waals surface area contributed by atoms with Crippen molar-refractivity contribution >= 4 is 49.2 Å². The molecule has 51 heavy (non-hydrogen) atoms. The molecule has 0 fully saturated rings. The van der Waals surface area contributed by atoms with Gasteiger partial charge in [0.05, 0.1) is 0 Å². The van der Waals surface area contributed by atoms with Crippen LogP contribution < -0.4 is 4.40 Å². The number of fused-ring (bicyclic) bond motifs is 3. The van der Waals surface area contributed by atoms with E-state index >= 15 is 0 Å². The predicted molar refractivity (Wildman–Crippen MR) is 218 cm³/mol. The van der Waals surface area contributed by atoms with Crippen LogP contribution in [0.4, 0.5) is 0 Å². The predicted octanol–water partition coefficient (Wildman–Crippen LogP) is 12.5. The molecular formula is C46H40GeIrN2S-2. The Morgan fingerprint density at radius 3 is 2.10 bits per heavy atom. The normalized spacial score (nSPS) is 11.7. The zero-order valence-electron chi connectivity index (χ0n) is 30.5. The molecule has 0 spiro atoms. The summed E-state index contributed by atoms with van der Waals surface area (Å²) in [6.07, 6.45) is 3.84. The average molecular weight is 919 g/mol. The molecule has 5 heteroatoms. The molecule has 2 nitrogen and oxygen atoms in total. The standard InChI is InChI=1S/C32H24NS.C14H16GeN.Ir/c1-21(2)23-16-17-33-30(20-23)28-13-7-12-27-29-19-26(14-15-31(29)34-32(27)28)25-11-6-10-24(18-25)22-8-4-3-5-9-22;1-15(2,3)13-9-10-14(16-11-13)12-7-5-4-6-8-12;/h3-12,14-21H,1-2H3;4-7,9-11H,1-3H3;/q2*-1;/i21D;;. The summed E-state index contributed by atoms with van der Waals surface area (Å²) in [5.74, 6) is 6.47. The third-order valence-electron chi connectivity index (χ3n) is 8.94. The number of pyridine rings is 2. The Labute approximate surface area is 323 Å².